The smallest absolute Gasteiger partial charge is 0.306 e. The Morgan fingerprint density at radius 2 is 0.716 bits per heavy atom. The number of unbranched alkanes of at least 4 members (excludes halogenated alkanes) is 48. The molecule has 3 atom stereocenters. The van der Waals surface area contributed by atoms with Crippen LogP contribution in [0.25, 0.3) is 0 Å². The van der Waals surface area contributed by atoms with E-state index in [1.807, 2.05) is 33.3 Å². The minimum Gasteiger partial charge on any atom is -0.756 e. The SMILES string of the molecule is CCCCCCCC/C=C/CCCCCCCCCCCCCCCCCC(=O)OC(/C=C/CCCCCCCCCCC)C(COP(=O)([O-])OCC[N+](C)(C)C)NC(=O)CCCCCCCCCCCCCCCCCCCCC. The number of ether oxygens (including phenoxy) is 1. The number of allylic oxidation sites excluding steroid dienone is 3. The second kappa shape index (κ2) is 61.6. The number of rotatable bonds is 66. The Balaban J connectivity index is 4.97. The topological polar surface area (TPSA) is 114 Å². The van der Waals surface area contributed by atoms with E-state index in [2.05, 4.69) is 38.2 Å². The second-order valence-electron chi connectivity index (χ2n) is 25.7. The number of quaternary nitrogens is 1. The van der Waals surface area contributed by atoms with Crippen LogP contribution in [0, 0.1) is 0 Å². The summed E-state index contributed by atoms with van der Waals surface area (Å²) in [5.74, 6) is -0.518. The van der Waals surface area contributed by atoms with Crippen LogP contribution in [-0.4, -0.2) is 69.4 Å². The van der Waals surface area contributed by atoms with E-state index in [9.17, 15) is 19.0 Å². The van der Waals surface area contributed by atoms with Crippen LogP contribution in [0.1, 0.15) is 367 Å². The predicted molar refractivity (Wildman–Crippen MR) is 349 cm³/mol. The number of esters is 1. The average Bonchev–Trinajstić information content (AvgIpc) is 3.43. The van der Waals surface area contributed by atoms with Crippen LogP contribution >= 0.6 is 7.82 Å². The van der Waals surface area contributed by atoms with E-state index in [1.54, 1.807) is 0 Å². The van der Waals surface area contributed by atoms with Crippen molar-refractivity contribution >= 4 is 19.7 Å². The normalized spacial score (nSPS) is 13.6. The molecule has 0 radical (unpaired) electrons. The standard InChI is InChI=1S/C71H139N2O7P/c1-7-10-13-16-19-22-25-27-29-31-33-34-35-36-37-38-40-42-44-46-49-52-55-58-61-64-71(75)80-69(62-59-56-53-50-47-24-21-18-15-12-9-3)68(67-79-81(76,77)78-66-65-73(4,5)6)72-70(74)63-60-57-54-51-48-45-43-41-39-32-30-28-26-23-20-17-14-11-8-2/h27,29,59,62,68-69H,7-26,28,30-58,60-61,63-67H2,1-6H3,(H-,72,74,76,77)/b29-27+,62-59+. The zero-order valence-electron chi connectivity index (χ0n) is 55.0. The number of carbonyl (C=O) groups excluding carboxylic acids is 2. The number of nitrogens with zero attached hydrogens (tertiary/aromatic N) is 1. The summed E-state index contributed by atoms with van der Waals surface area (Å²) in [7, 11) is 1.21. The molecular formula is C71H139N2O7P. The minimum absolute atomic E-state index is 0.0178. The maximum Gasteiger partial charge on any atom is 0.306 e. The monoisotopic (exact) mass is 1160 g/mol. The van der Waals surface area contributed by atoms with E-state index in [0.29, 0.717) is 17.4 Å². The highest BCUT2D eigenvalue weighted by Crippen LogP contribution is 2.38. The molecule has 0 fully saturated rings. The molecule has 10 heteroatoms. The number of hydrogen-bond acceptors (Lipinski definition) is 7. The van der Waals surface area contributed by atoms with E-state index in [0.717, 1.165) is 57.8 Å². The molecule has 0 saturated heterocycles. The zero-order chi connectivity index (χ0) is 59.3. The van der Waals surface area contributed by atoms with E-state index < -0.39 is 20.0 Å². The highest BCUT2D eigenvalue weighted by molar-refractivity contribution is 7.45. The van der Waals surface area contributed by atoms with E-state index in [4.69, 9.17) is 13.8 Å². The van der Waals surface area contributed by atoms with Crippen LogP contribution < -0.4 is 10.2 Å². The molecule has 0 spiro atoms. The minimum atomic E-state index is -4.70. The Bertz CT molecular complexity index is 1430. The van der Waals surface area contributed by atoms with Crippen molar-refractivity contribution in [1.82, 2.24) is 5.32 Å². The highest BCUT2D eigenvalue weighted by atomic mass is 31.2. The van der Waals surface area contributed by atoms with Gasteiger partial charge in [-0.25, -0.2) is 0 Å². The van der Waals surface area contributed by atoms with Crippen LogP contribution in [-0.2, 0) is 27.9 Å². The van der Waals surface area contributed by atoms with Gasteiger partial charge in [-0.2, -0.15) is 0 Å². The summed E-state index contributed by atoms with van der Waals surface area (Å²) >= 11 is 0. The summed E-state index contributed by atoms with van der Waals surface area (Å²) in [5, 5.41) is 3.05. The fourth-order valence-corrected chi connectivity index (χ4v) is 11.6. The lowest BCUT2D eigenvalue weighted by atomic mass is 10.0. The van der Waals surface area contributed by atoms with E-state index in [-0.39, 0.29) is 31.5 Å². The molecule has 0 heterocycles. The molecule has 0 aliphatic carbocycles. The summed E-state index contributed by atoms with van der Waals surface area (Å²) < 4.78 is 30.4. The predicted octanol–water partition coefficient (Wildman–Crippen LogP) is 21.8. The Morgan fingerprint density at radius 1 is 0.420 bits per heavy atom. The number of amides is 1. The van der Waals surface area contributed by atoms with Crippen LogP contribution in [0.5, 0.6) is 0 Å². The van der Waals surface area contributed by atoms with Gasteiger partial charge in [-0.15, -0.1) is 0 Å². The van der Waals surface area contributed by atoms with Gasteiger partial charge in [0.2, 0.25) is 5.91 Å². The summed E-state index contributed by atoms with van der Waals surface area (Å²) in [6.45, 7) is 6.90. The van der Waals surface area contributed by atoms with Crippen LogP contribution in [0.3, 0.4) is 0 Å². The maximum atomic E-state index is 13.6. The Morgan fingerprint density at radius 3 is 1.05 bits per heavy atom. The molecule has 0 aliphatic heterocycles. The zero-order valence-corrected chi connectivity index (χ0v) is 55.9. The third-order valence-electron chi connectivity index (χ3n) is 16.4. The molecule has 1 N–H and O–H groups in total. The molecule has 0 bridgehead atoms. The number of phosphoric acid groups is 1. The summed E-state index contributed by atoms with van der Waals surface area (Å²) in [5.41, 5.74) is 0. The molecule has 0 saturated carbocycles. The lowest BCUT2D eigenvalue weighted by Gasteiger charge is -2.30. The highest BCUT2D eigenvalue weighted by Gasteiger charge is 2.27. The first kappa shape index (κ1) is 79.5. The molecule has 0 aliphatic rings. The Labute approximate surface area is 504 Å². The van der Waals surface area contributed by atoms with Crippen molar-refractivity contribution < 1.29 is 37.3 Å². The van der Waals surface area contributed by atoms with Gasteiger partial charge >= 0.3 is 5.97 Å². The van der Waals surface area contributed by atoms with Gasteiger partial charge in [-0.3, -0.25) is 14.2 Å². The van der Waals surface area contributed by atoms with Crippen LogP contribution in [0.15, 0.2) is 24.3 Å². The van der Waals surface area contributed by atoms with Crippen molar-refractivity contribution in [2.75, 3.05) is 40.9 Å². The molecule has 480 valence electrons. The van der Waals surface area contributed by atoms with Crippen molar-refractivity contribution in [2.45, 2.75) is 380 Å². The molecule has 1 amide bonds. The first-order valence-corrected chi connectivity index (χ1v) is 37.1. The number of nitrogens with one attached hydrogen (secondary N) is 1. The molecular weight excluding hydrogens is 1020 g/mol. The van der Waals surface area contributed by atoms with Crippen LogP contribution in [0.2, 0.25) is 0 Å². The summed E-state index contributed by atoms with van der Waals surface area (Å²) in [4.78, 5) is 40.1. The first-order valence-electron chi connectivity index (χ1n) is 35.6. The molecule has 81 heavy (non-hydrogen) atoms. The molecule has 0 aromatic heterocycles. The molecule has 0 aromatic rings. The Kier molecular flexibility index (Phi) is 60.4. The van der Waals surface area contributed by atoms with Crippen molar-refractivity contribution in [2.24, 2.45) is 0 Å². The third kappa shape index (κ3) is 62.8. The van der Waals surface area contributed by atoms with E-state index in [1.165, 1.54) is 276 Å². The van der Waals surface area contributed by atoms with E-state index >= 15 is 0 Å². The number of likely N-dealkylation sites (N-methyl/N-ethyl adjacent to an activating group) is 1. The number of carbonyl (C=O) groups is 2. The summed E-state index contributed by atoms with van der Waals surface area (Å²) in [6, 6.07) is -0.882. The summed E-state index contributed by atoms with van der Waals surface area (Å²) in [6.07, 6.45) is 74.5. The fourth-order valence-electron chi connectivity index (χ4n) is 10.9. The van der Waals surface area contributed by atoms with Gasteiger partial charge in [-0.1, -0.05) is 322 Å². The van der Waals surface area contributed by atoms with Gasteiger partial charge in [0.15, 0.2) is 0 Å². The fraction of sp³-hybridized carbons (Fsp3) is 0.915. The van der Waals surface area contributed by atoms with Crippen molar-refractivity contribution in [3.8, 4) is 0 Å². The van der Waals surface area contributed by atoms with Gasteiger partial charge in [0.1, 0.15) is 19.3 Å². The maximum absolute atomic E-state index is 13.6. The van der Waals surface area contributed by atoms with Crippen molar-refractivity contribution in [1.29, 1.82) is 0 Å². The number of hydrogen-bond donors (Lipinski definition) is 1. The quantitative estimate of drug-likeness (QED) is 0.0212. The largest absolute Gasteiger partial charge is 0.756 e. The van der Waals surface area contributed by atoms with Gasteiger partial charge in [0, 0.05) is 12.8 Å². The molecule has 0 aromatic carbocycles. The van der Waals surface area contributed by atoms with Crippen LogP contribution in [0.4, 0.5) is 0 Å². The lowest BCUT2D eigenvalue weighted by molar-refractivity contribution is -0.870. The second-order valence-corrected chi connectivity index (χ2v) is 27.2. The van der Waals surface area contributed by atoms with Crippen molar-refractivity contribution in [3.05, 3.63) is 24.3 Å². The third-order valence-corrected chi connectivity index (χ3v) is 17.3. The molecule has 3 unspecified atom stereocenters. The molecule has 0 rings (SSSR count). The lowest BCUT2D eigenvalue weighted by Crippen LogP contribution is -2.47. The first-order chi connectivity index (χ1) is 39.4. The Hall–Kier alpha value is -1.51. The number of phosphoric ester groups is 1. The molecule has 9 nitrogen and oxygen atoms in total. The van der Waals surface area contributed by atoms with Crippen molar-refractivity contribution in [3.63, 3.8) is 0 Å². The van der Waals surface area contributed by atoms with Gasteiger partial charge < -0.3 is 28.5 Å². The van der Waals surface area contributed by atoms with Gasteiger partial charge in [-0.05, 0) is 57.4 Å². The van der Waals surface area contributed by atoms with Gasteiger partial charge in [0.25, 0.3) is 7.82 Å². The van der Waals surface area contributed by atoms with Gasteiger partial charge in [0.05, 0.1) is 33.8 Å². The average molecular weight is 1160 g/mol.